The zero-order chi connectivity index (χ0) is 10.2. The molecule has 1 aromatic rings. The molecule has 0 unspecified atom stereocenters. The molecule has 2 nitrogen and oxygen atoms in total. The van der Waals surface area contributed by atoms with Crippen LogP contribution >= 0.6 is 26.6 Å². The third-order valence-electron chi connectivity index (χ3n) is 1.81. The highest BCUT2D eigenvalue weighted by atomic mass is 79.9. The van der Waals surface area contributed by atoms with Crippen molar-refractivity contribution in [1.29, 1.82) is 0 Å². The third-order valence-corrected chi connectivity index (χ3v) is 4.09. The van der Waals surface area contributed by atoms with Crippen molar-refractivity contribution in [1.82, 2.24) is 0 Å². The molecule has 0 spiro atoms. The number of hydrogen-bond donors (Lipinski definition) is 0. The quantitative estimate of drug-likeness (QED) is 0.743. The monoisotopic (exact) mass is 282 g/mol. The number of rotatable bonds is 1. The van der Waals surface area contributed by atoms with Crippen molar-refractivity contribution in [2.45, 2.75) is 18.7 Å². The van der Waals surface area contributed by atoms with Gasteiger partial charge in [0.05, 0.1) is 4.90 Å². The van der Waals surface area contributed by atoms with Crippen LogP contribution in [0.25, 0.3) is 0 Å². The van der Waals surface area contributed by atoms with E-state index in [-0.39, 0.29) is 4.90 Å². The van der Waals surface area contributed by atoms with E-state index in [0.29, 0.717) is 4.47 Å². The maximum absolute atomic E-state index is 11.1. The zero-order valence-electron chi connectivity index (χ0n) is 7.14. The lowest BCUT2D eigenvalue weighted by molar-refractivity contribution is 0.609. The molecule has 0 fully saturated rings. The molecule has 13 heavy (non-hydrogen) atoms. The molecule has 0 aliphatic rings. The highest BCUT2D eigenvalue weighted by Gasteiger charge is 2.15. The molecule has 0 atom stereocenters. The predicted octanol–water partition coefficient (Wildman–Crippen LogP) is 2.99. The van der Waals surface area contributed by atoms with Crippen LogP contribution in [0.1, 0.15) is 11.1 Å². The maximum Gasteiger partial charge on any atom is 0.262 e. The average Bonchev–Trinajstić information content (AvgIpc) is 1.94. The molecule has 0 N–H and O–H groups in total. The summed E-state index contributed by atoms with van der Waals surface area (Å²) >= 11 is 3.15. The molecule has 1 rings (SSSR count). The molecular weight excluding hydrogens is 276 g/mol. The molecule has 0 radical (unpaired) electrons. The van der Waals surface area contributed by atoms with Crippen LogP contribution in [0.3, 0.4) is 0 Å². The number of hydrogen-bond acceptors (Lipinski definition) is 2. The van der Waals surface area contributed by atoms with E-state index in [1.54, 1.807) is 12.1 Å². The van der Waals surface area contributed by atoms with Gasteiger partial charge in [0.2, 0.25) is 0 Å². The van der Waals surface area contributed by atoms with Crippen molar-refractivity contribution in [2.24, 2.45) is 0 Å². The van der Waals surface area contributed by atoms with Gasteiger partial charge in [-0.1, -0.05) is 0 Å². The van der Waals surface area contributed by atoms with Gasteiger partial charge in [0.25, 0.3) is 9.05 Å². The second-order valence-corrected chi connectivity index (χ2v) is 6.19. The SMILES string of the molecule is Cc1cc(Br)c(S(=O)(=O)Cl)cc1C. The van der Waals surface area contributed by atoms with Crippen LogP contribution in [0.5, 0.6) is 0 Å². The van der Waals surface area contributed by atoms with E-state index < -0.39 is 9.05 Å². The van der Waals surface area contributed by atoms with Gasteiger partial charge in [0.1, 0.15) is 0 Å². The van der Waals surface area contributed by atoms with Crippen LogP contribution in [0.15, 0.2) is 21.5 Å². The van der Waals surface area contributed by atoms with Gasteiger partial charge < -0.3 is 0 Å². The summed E-state index contributed by atoms with van der Waals surface area (Å²) in [5.41, 5.74) is 1.93. The summed E-state index contributed by atoms with van der Waals surface area (Å²) in [7, 11) is 1.58. The highest BCUT2D eigenvalue weighted by Crippen LogP contribution is 2.27. The lowest BCUT2D eigenvalue weighted by Gasteiger charge is -2.04. The largest absolute Gasteiger partial charge is 0.262 e. The Balaban J connectivity index is 3.50. The molecule has 5 heteroatoms. The molecular formula is C8H8BrClO2S. The van der Waals surface area contributed by atoms with Crippen molar-refractivity contribution in [3.8, 4) is 0 Å². The Hall–Kier alpha value is -0.0600. The van der Waals surface area contributed by atoms with E-state index in [2.05, 4.69) is 15.9 Å². The minimum Gasteiger partial charge on any atom is -0.207 e. The van der Waals surface area contributed by atoms with Gasteiger partial charge in [-0.15, -0.1) is 0 Å². The predicted molar refractivity (Wildman–Crippen MR) is 56.7 cm³/mol. The van der Waals surface area contributed by atoms with Crippen LogP contribution in [0.2, 0.25) is 0 Å². The topological polar surface area (TPSA) is 34.1 Å². The second-order valence-electron chi connectivity index (χ2n) is 2.80. The van der Waals surface area contributed by atoms with E-state index in [0.717, 1.165) is 11.1 Å². The molecule has 0 heterocycles. The fraction of sp³-hybridized carbons (Fsp3) is 0.250. The first-order valence-electron chi connectivity index (χ1n) is 3.54. The third kappa shape index (κ3) is 2.45. The standard InChI is InChI=1S/C8H8BrClO2S/c1-5-3-7(9)8(4-6(5)2)13(10,11)12/h3-4H,1-2H3. The Morgan fingerprint density at radius 1 is 1.23 bits per heavy atom. The number of aryl methyl sites for hydroxylation is 2. The van der Waals surface area contributed by atoms with E-state index >= 15 is 0 Å². The summed E-state index contributed by atoms with van der Waals surface area (Å²) in [6.07, 6.45) is 0. The Bertz CT molecular complexity index is 440. The average molecular weight is 284 g/mol. The van der Waals surface area contributed by atoms with Crippen molar-refractivity contribution < 1.29 is 8.42 Å². The second kappa shape index (κ2) is 3.59. The summed E-state index contributed by atoms with van der Waals surface area (Å²) in [6.45, 7) is 3.75. The summed E-state index contributed by atoms with van der Waals surface area (Å²) < 4.78 is 22.6. The van der Waals surface area contributed by atoms with E-state index in [9.17, 15) is 8.42 Å². The molecule has 0 amide bonds. The smallest absolute Gasteiger partial charge is 0.207 e. The zero-order valence-corrected chi connectivity index (χ0v) is 10.3. The Morgan fingerprint density at radius 3 is 2.15 bits per heavy atom. The van der Waals surface area contributed by atoms with Gasteiger partial charge >= 0.3 is 0 Å². The fourth-order valence-electron chi connectivity index (χ4n) is 0.941. The van der Waals surface area contributed by atoms with Crippen LogP contribution in [0.4, 0.5) is 0 Å². The minimum absolute atomic E-state index is 0.122. The molecule has 0 aliphatic carbocycles. The molecule has 0 saturated carbocycles. The van der Waals surface area contributed by atoms with Crippen molar-refractivity contribution in [3.05, 3.63) is 27.7 Å². The van der Waals surface area contributed by atoms with E-state index in [1.807, 2.05) is 13.8 Å². The maximum atomic E-state index is 11.1. The van der Waals surface area contributed by atoms with E-state index in [4.69, 9.17) is 10.7 Å². The van der Waals surface area contributed by atoms with Crippen molar-refractivity contribution in [2.75, 3.05) is 0 Å². The molecule has 1 aromatic carbocycles. The van der Waals surface area contributed by atoms with Gasteiger partial charge in [0, 0.05) is 15.2 Å². The van der Waals surface area contributed by atoms with Crippen LogP contribution in [0, 0.1) is 13.8 Å². The Morgan fingerprint density at radius 2 is 1.69 bits per heavy atom. The molecule has 72 valence electrons. The van der Waals surface area contributed by atoms with Gasteiger partial charge in [-0.05, 0) is 53.0 Å². The molecule has 0 saturated heterocycles. The number of benzene rings is 1. The highest BCUT2D eigenvalue weighted by molar-refractivity contribution is 9.10. The fourth-order valence-corrected chi connectivity index (χ4v) is 3.31. The lowest BCUT2D eigenvalue weighted by Crippen LogP contribution is -1.94. The van der Waals surface area contributed by atoms with Crippen LogP contribution in [-0.2, 0) is 9.05 Å². The van der Waals surface area contributed by atoms with Gasteiger partial charge in [-0.2, -0.15) is 0 Å². The summed E-state index contributed by atoms with van der Waals surface area (Å²) in [5.74, 6) is 0. The van der Waals surface area contributed by atoms with Gasteiger partial charge in [0.15, 0.2) is 0 Å². The normalized spacial score (nSPS) is 11.7. The first kappa shape index (κ1) is 11.0. The van der Waals surface area contributed by atoms with Gasteiger partial charge in [-0.3, -0.25) is 0 Å². The van der Waals surface area contributed by atoms with E-state index in [1.165, 1.54) is 0 Å². The summed E-state index contributed by atoms with van der Waals surface area (Å²) in [6, 6.07) is 3.30. The summed E-state index contributed by atoms with van der Waals surface area (Å²) in [5, 5.41) is 0. The minimum atomic E-state index is -3.65. The van der Waals surface area contributed by atoms with Crippen molar-refractivity contribution >= 4 is 35.7 Å². The number of halogens is 2. The Labute approximate surface area is 90.5 Å². The first-order valence-corrected chi connectivity index (χ1v) is 6.64. The molecule has 0 aliphatic heterocycles. The van der Waals surface area contributed by atoms with Crippen molar-refractivity contribution in [3.63, 3.8) is 0 Å². The summed E-state index contributed by atoms with van der Waals surface area (Å²) in [4.78, 5) is 0.122. The van der Waals surface area contributed by atoms with Crippen LogP contribution in [-0.4, -0.2) is 8.42 Å². The molecule has 0 bridgehead atoms. The van der Waals surface area contributed by atoms with Gasteiger partial charge in [-0.25, -0.2) is 8.42 Å². The Kier molecular flexibility index (Phi) is 3.05. The first-order chi connectivity index (χ1) is 5.82. The lowest BCUT2D eigenvalue weighted by atomic mass is 10.1. The van der Waals surface area contributed by atoms with Crippen LogP contribution < -0.4 is 0 Å². The molecule has 0 aromatic heterocycles.